The summed E-state index contributed by atoms with van der Waals surface area (Å²) in [6, 6.07) is 9.94. The van der Waals surface area contributed by atoms with Gasteiger partial charge < -0.3 is 9.15 Å². The van der Waals surface area contributed by atoms with Gasteiger partial charge in [-0.3, -0.25) is 0 Å². The van der Waals surface area contributed by atoms with Crippen molar-refractivity contribution in [1.29, 1.82) is 0 Å². The van der Waals surface area contributed by atoms with Gasteiger partial charge in [0.2, 0.25) is 10.0 Å². The van der Waals surface area contributed by atoms with E-state index in [2.05, 4.69) is 4.72 Å². The topological polar surface area (TPSA) is 103 Å². The van der Waals surface area contributed by atoms with Gasteiger partial charge in [-0.2, -0.15) is 4.72 Å². The van der Waals surface area contributed by atoms with E-state index >= 15 is 0 Å². The van der Waals surface area contributed by atoms with Gasteiger partial charge in [-0.1, -0.05) is 31.0 Å². The van der Waals surface area contributed by atoms with Crippen molar-refractivity contribution in [1.82, 2.24) is 4.72 Å². The van der Waals surface area contributed by atoms with Crippen LogP contribution in [0.5, 0.6) is 5.75 Å². The monoisotopic (exact) mass is 443 g/mol. The number of benzene rings is 2. The molecule has 0 aliphatic heterocycles. The van der Waals surface area contributed by atoms with Crippen LogP contribution in [-0.2, 0) is 21.2 Å². The molecule has 0 aliphatic carbocycles. The second-order valence-electron chi connectivity index (χ2n) is 7.55. The van der Waals surface area contributed by atoms with Gasteiger partial charge in [0.05, 0.1) is 10.3 Å². The third-order valence-electron chi connectivity index (χ3n) is 4.78. The first-order valence-electron chi connectivity index (χ1n) is 9.99. The fourth-order valence-electron chi connectivity index (χ4n) is 3.28. The van der Waals surface area contributed by atoms with Crippen molar-refractivity contribution < 1.29 is 22.4 Å². The minimum atomic E-state index is -3.90. The molecule has 31 heavy (non-hydrogen) atoms. The van der Waals surface area contributed by atoms with E-state index in [0.717, 1.165) is 17.5 Å². The number of carbonyl (C=O) groups is 1. The summed E-state index contributed by atoms with van der Waals surface area (Å²) in [6.45, 7) is 7.03. The predicted molar refractivity (Wildman–Crippen MR) is 118 cm³/mol. The quantitative estimate of drug-likeness (QED) is 0.340. The lowest BCUT2D eigenvalue weighted by Gasteiger charge is -2.16. The Balaban J connectivity index is 1.90. The zero-order valence-corrected chi connectivity index (χ0v) is 18.7. The number of aryl methyl sites for hydroxylation is 3. The molecule has 0 radical (unpaired) electrons. The fraction of sp³-hybridized carbons (Fsp3) is 0.304. The molecule has 8 heteroatoms. The fourth-order valence-corrected chi connectivity index (χ4v) is 4.47. The molecule has 0 bridgehead atoms. The van der Waals surface area contributed by atoms with E-state index in [0.29, 0.717) is 23.0 Å². The Morgan fingerprint density at radius 1 is 1.10 bits per heavy atom. The van der Waals surface area contributed by atoms with Crippen molar-refractivity contribution >= 4 is 27.0 Å². The largest absolute Gasteiger partial charge is 0.425 e. The van der Waals surface area contributed by atoms with Gasteiger partial charge in [0.25, 0.3) is 0 Å². The van der Waals surface area contributed by atoms with E-state index in [9.17, 15) is 18.0 Å². The zero-order chi connectivity index (χ0) is 22.8. The Labute approximate surface area is 181 Å². The molecule has 7 nitrogen and oxygen atoms in total. The van der Waals surface area contributed by atoms with Gasteiger partial charge in [-0.05, 0) is 62.6 Å². The van der Waals surface area contributed by atoms with Crippen LogP contribution in [0.3, 0.4) is 0 Å². The zero-order valence-electron chi connectivity index (χ0n) is 17.9. The predicted octanol–water partition coefficient (Wildman–Crippen LogP) is 3.63. The van der Waals surface area contributed by atoms with Crippen LogP contribution in [0.15, 0.2) is 56.6 Å². The second kappa shape index (κ2) is 9.03. The van der Waals surface area contributed by atoms with E-state index in [1.54, 1.807) is 31.2 Å². The highest BCUT2D eigenvalue weighted by Gasteiger charge is 2.25. The maximum absolute atomic E-state index is 12.7. The third kappa shape index (κ3) is 5.21. The molecule has 3 rings (SSSR count). The smallest absolute Gasteiger partial charge is 0.336 e. The molecule has 0 aliphatic rings. The van der Waals surface area contributed by atoms with Crippen molar-refractivity contribution in [3.63, 3.8) is 0 Å². The van der Waals surface area contributed by atoms with E-state index in [4.69, 9.17) is 9.15 Å². The molecule has 0 unspecified atom stereocenters. The van der Waals surface area contributed by atoms with Gasteiger partial charge in [0, 0.05) is 6.07 Å². The molecule has 1 aromatic heterocycles. The molecular weight excluding hydrogens is 418 g/mol. The molecule has 0 spiro atoms. The van der Waals surface area contributed by atoms with E-state index < -0.39 is 27.7 Å². The Hall–Kier alpha value is -2.97. The van der Waals surface area contributed by atoms with Gasteiger partial charge in [0.1, 0.15) is 17.4 Å². The van der Waals surface area contributed by atoms with Crippen molar-refractivity contribution in [3.05, 3.63) is 69.6 Å². The maximum atomic E-state index is 12.7. The van der Waals surface area contributed by atoms with Crippen LogP contribution in [0.2, 0.25) is 0 Å². The van der Waals surface area contributed by atoms with Gasteiger partial charge in [-0.15, -0.1) is 0 Å². The minimum Gasteiger partial charge on any atom is -0.425 e. The summed E-state index contributed by atoms with van der Waals surface area (Å²) in [5.41, 5.74) is 2.22. The number of ether oxygens (including phenoxy) is 1. The normalized spacial score (nSPS) is 12.6. The van der Waals surface area contributed by atoms with Crippen LogP contribution >= 0.6 is 0 Å². The summed E-state index contributed by atoms with van der Waals surface area (Å²) in [7, 11) is -3.90. The Morgan fingerprint density at radius 2 is 1.77 bits per heavy atom. The molecule has 1 atom stereocenters. The average molecular weight is 444 g/mol. The lowest BCUT2D eigenvalue weighted by molar-refractivity contribution is -0.135. The van der Waals surface area contributed by atoms with Crippen LogP contribution in [0, 0.1) is 13.8 Å². The van der Waals surface area contributed by atoms with Crippen molar-refractivity contribution in [2.24, 2.45) is 0 Å². The first-order chi connectivity index (χ1) is 14.6. The van der Waals surface area contributed by atoms with Crippen molar-refractivity contribution in [3.8, 4) is 5.75 Å². The lowest BCUT2D eigenvalue weighted by atomic mass is 10.0. The summed E-state index contributed by atoms with van der Waals surface area (Å²) >= 11 is 0. The van der Waals surface area contributed by atoms with Gasteiger partial charge in [0.15, 0.2) is 0 Å². The number of rotatable bonds is 7. The summed E-state index contributed by atoms with van der Waals surface area (Å²) in [5, 5.41) is 0.536. The number of sulfonamides is 1. The lowest BCUT2D eigenvalue weighted by Crippen LogP contribution is -2.40. The Morgan fingerprint density at radius 3 is 2.42 bits per heavy atom. The molecule has 0 fully saturated rings. The number of hydrogen-bond acceptors (Lipinski definition) is 6. The van der Waals surface area contributed by atoms with Crippen molar-refractivity contribution in [2.75, 3.05) is 0 Å². The molecule has 0 saturated carbocycles. The number of carbonyl (C=O) groups excluding carboxylic acids is 1. The Kier molecular flexibility index (Phi) is 6.62. The first kappa shape index (κ1) is 22.7. The summed E-state index contributed by atoms with van der Waals surface area (Å²) < 4.78 is 38.4. The Bertz CT molecular complexity index is 1280. The summed E-state index contributed by atoms with van der Waals surface area (Å²) in [5.74, 6) is -0.537. The molecule has 1 N–H and O–H groups in total. The van der Waals surface area contributed by atoms with E-state index in [1.807, 2.05) is 13.8 Å². The summed E-state index contributed by atoms with van der Waals surface area (Å²) in [6.07, 6.45) is 1.39. The van der Waals surface area contributed by atoms with Crippen LogP contribution in [-0.4, -0.2) is 20.4 Å². The van der Waals surface area contributed by atoms with Crippen LogP contribution in [0.1, 0.15) is 37.0 Å². The van der Waals surface area contributed by atoms with Gasteiger partial charge in [-0.25, -0.2) is 18.0 Å². The number of nitrogens with one attached hydrogen (secondary N) is 1. The van der Waals surface area contributed by atoms with Crippen molar-refractivity contribution in [2.45, 2.75) is 51.5 Å². The molecule has 164 valence electrons. The second-order valence-corrected chi connectivity index (χ2v) is 9.27. The molecule has 0 amide bonds. The SMILES string of the molecule is CCCc1cc(=O)oc2cc(C)cc(OC(=O)[C@@H](C)NS(=O)(=O)c3ccc(C)cc3)c12. The molecule has 1 heterocycles. The maximum Gasteiger partial charge on any atom is 0.336 e. The van der Waals surface area contributed by atoms with Gasteiger partial charge >= 0.3 is 11.6 Å². The average Bonchev–Trinajstić information content (AvgIpc) is 2.67. The molecule has 3 aromatic rings. The number of fused-ring (bicyclic) bond motifs is 1. The summed E-state index contributed by atoms with van der Waals surface area (Å²) in [4.78, 5) is 24.7. The highest BCUT2D eigenvalue weighted by atomic mass is 32.2. The highest BCUT2D eigenvalue weighted by molar-refractivity contribution is 7.89. The molecule has 0 saturated heterocycles. The number of hydrogen-bond donors (Lipinski definition) is 1. The van der Waals surface area contributed by atoms with Crippen LogP contribution in [0.25, 0.3) is 11.0 Å². The highest BCUT2D eigenvalue weighted by Crippen LogP contribution is 2.31. The number of esters is 1. The van der Waals surface area contributed by atoms with Crippen LogP contribution < -0.4 is 15.1 Å². The first-order valence-corrected chi connectivity index (χ1v) is 11.5. The van der Waals surface area contributed by atoms with Crippen LogP contribution in [0.4, 0.5) is 0 Å². The molecule has 2 aromatic carbocycles. The molecular formula is C23H25NO6S. The standard InChI is InChI=1S/C23H25NO6S/c1-5-6-17-13-21(25)29-19-11-15(3)12-20(22(17)19)30-23(26)16(4)24-31(27,28)18-9-7-14(2)8-10-18/h7-13,16,24H,5-6H2,1-4H3/t16-/m1/s1. The third-order valence-corrected chi connectivity index (χ3v) is 6.34. The minimum absolute atomic E-state index is 0.0609. The van der Waals surface area contributed by atoms with E-state index in [-0.39, 0.29) is 10.6 Å². The van der Waals surface area contributed by atoms with E-state index in [1.165, 1.54) is 25.1 Å².